The van der Waals surface area contributed by atoms with Crippen LogP contribution in [0.3, 0.4) is 0 Å². The summed E-state index contributed by atoms with van der Waals surface area (Å²) in [6, 6.07) is 4.00. The van der Waals surface area contributed by atoms with E-state index in [1.165, 1.54) is 5.82 Å². The average molecular weight is 386 g/mol. The van der Waals surface area contributed by atoms with E-state index >= 15 is 0 Å². The predicted octanol–water partition coefficient (Wildman–Crippen LogP) is 3.40. The van der Waals surface area contributed by atoms with Crippen molar-refractivity contribution in [2.45, 2.75) is 31.7 Å². The van der Waals surface area contributed by atoms with E-state index in [0.29, 0.717) is 11.6 Å². The third-order valence-electron chi connectivity index (χ3n) is 5.37. The van der Waals surface area contributed by atoms with Crippen molar-refractivity contribution in [3.63, 3.8) is 0 Å². The summed E-state index contributed by atoms with van der Waals surface area (Å²) >= 11 is 1.66. The summed E-state index contributed by atoms with van der Waals surface area (Å²) in [7, 11) is 4.21. The number of nitrogens with zero attached hydrogens (tertiary/aromatic N) is 4. The Morgan fingerprint density at radius 2 is 2.19 bits per heavy atom. The number of nitrogens with one attached hydrogen (secondary N) is 1. The molecular formula is C20H27N5OS. The van der Waals surface area contributed by atoms with E-state index in [9.17, 15) is 4.79 Å². The lowest BCUT2D eigenvalue weighted by atomic mass is 9.95. The second kappa shape index (κ2) is 7.86. The molecule has 3 aromatic heterocycles. The number of rotatable bonds is 6. The Morgan fingerprint density at radius 1 is 1.37 bits per heavy atom. The minimum Gasteiger partial charge on any atom is -0.350 e. The van der Waals surface area contributed by atoms with Crippen LogP contribution in [-0.4, -0.2) is 64.0 Å². The van der Waals surface area contributed by atoms with Gasteiger partial charge >= 0.3 is 0 Å². The zero-order valence-corrected chi connectivity index (χ0v) is 16.8. The summed E-state index contributed by atoms with van der Waals surface area (Å²) in [6.07, 6.45) is 7.08. The van der Waals surface area contributed by atoms with Gasteiger partial charge in [-0.05, 0) is 57.4 Å². The van der Waals surface area contributed by atoms with Crippen LogP contribution in [0.4, 0.5) is 0 Å². The fraction of sp³-hybridized carbons (Fsp3) is 0.500. The Bertz CT molecular complexity index is 872. The molecule has 1 N–H and O–H groups in total. The van der Waals surface area contributed by atoms with Gasteiger partial charge in [-0.1, -0.05) is 0 Å². The second-order valence-electron chi connectivity index (χ2n) is 7.58. The molecule has 3 aromatic rings. The number of amides is 1. The molecule has 1 aliphatic rings. The van der Waals surface area contributed by atoms with Crippen LogP contribution >= 0.6 is 11.3 Å². The van der Waals surface area contributed by atoms with Crippen LogP contribution in [0.25, 0.3) is 10.2 Å². The Hall–Kier alpha value is -2.12. The molecule has 4 rings (SSSR count). The Morgan fingerprint density at radius 3 is 2.93 bits per heavy atom. The summed E-state index contributed by atoms with van der Waals surface area (Å²) in [5.74, 6) is 1.74. The third kappa shape index (κ3) is 3.94. The number of piperidine rings is 1. The highest BCUT2D eigenvalue weighted by atomic mass is 32.1. The van der Waals surface area contributed by atoms with Gasteiger partial charge in [-0.25, -0.2) is 4.98 Å². The van der Waals surface area contributed by atoms with Gasteiger partial charge in [-0.2, -0.15) is 0 Å². The molecule has 0 radical (unpaired) electrons. The van der Waals surface area contributed by atoms with Gasteiger partial charge in [0.2, 0.25) is 0 Å². The van der Waals surface area contributed by atoms with Crippen molar-refractivity contribution in [2.24, 2.45) is 0 Å². The van der Waals surface area contributed by atoms with Crippen LogP contribution in [-0.2, 0) is 6.54 Å². The number of carbonyl (C=O) groups excluding carboxylic acids is 1. The molecule has 0 unspecified atom stereocenters. The van der Waals surface area contributed by atoms with E-state index < -0.39 is 0 Å². The van der Waals surface area contributed by atoms with E-state index in [4.69, 9.17) is 0 Å². The molecule has 27 heavy (non-hydrogen) atoms. The molecule has 0 aliphatic carbocycles. The highest BCUT2D eigenvalue weighted by Crippen LogP contribution is 2.29. The largest absolute Gasteiger partial charge is 0.350 e. The van der Waals surface area contributed by atoms with Crippen molar-refractivity contribution in [2.75, 3.05) is 33.7 Å². The van der Waals surface area contributed by atoms with Crippen molar-refractivity contribution < 1.29 is 4.79 Å². The summed E-state index contributed by atoms with van der Waals surface area (Å²) in [5.41, 5.74) is 1.76. The first-order valence-corrected chi connectivity index (χ1v) is 10.5. The molecule has 4 heterocycles. The number of thiophene rings is 1. The number of aryl methyl sites for hydroxylation is 1. The van der Waals surface area contributed by atoms with E-state index in [-0.39, 0.29) is 5.91 Å². The SMILES string of the molecule is CN(C)CCCn1ccnc1C1CCN(C(=O)c2cc3sccc3[nH]2)CC1. The Balaban J connectivity index is 1.35. The fourth-order valence-electron chi connectivity index (χ4n) is 3.90. The van der Waals surface area contributed by atoms with Crippen LogP contribution in [0.5, 0.6) is 0 Å². The molecule has 0 aromatic carbocycles. The molecule has 0 bridgehead atoms. The minimum absolute atomic E-state index is 0.117. The second-order valence-corrected chi connectivity index (χ2v) is 8.53. The predicted molar refractivity (Wildman–Crippen MR) is 109 cm³/mol. The van der Waals surface area contributed by atoms with Gasteiger partial charge in [-0.3, -0.25) is 4.79 Å². The Kier molecular flexibility index (Phi) is 5.31. The molecule has 1 amide bonds. The van der Waals surface area contributed by atoms with Crippen LogP contribution in [0.2, 0.25) is 0 Å². The Labute approximate surface area is 163 Å². The number of aromatic nitrogens is 3. The zero-order valence-electron chi connectivity index (χ0n) is 16.0. The number of aromatic amines is 1. The summed E-state index contributed by atoms with van der Waals surface area (Å²) in [5, 5.41) is 2.04. The van der Waals surface area contributed by atoms with Gasteiger partial charge in [0.1, 0.15) is 11.5 Å². The first kappa shape index (κ1) is 18.3. The van der Waals surface area contributed by atoms with E-state index in [0.717, 1.165) is 55.7 Å². The van der Waals surface area contributed by atoms with Crippen molar-refractivity contribution >= 4 is 27.5 Å². The highest BCUT2D eigenvalue weighted by molar-refractivity contribution is 7.17. The maximum atomic E-state index is 12.8. The first-order chi connectivity index (χ1) is 13.1. The van der Waals surface area contributed by atoms with Gasteiger partial charge in [0, 0.05) is 37.9 Å². The monoisotopic (exact) mass is 385 g/mol. The van der Waals surface area contributed by atoms with Crippen LogP contribution in [0, 0.1) is 0 Å². The van der Waals surface area contributed by atoms with Crippen molar-refractivity contribution in [1.29, 1.82) is 0 Å². The molecular weight excluding hydrogens is 358 g/mol. The highest BCUT2D eigenvalue weighted by Gasteiger charge is 2.27. The number of H-pyrrole nitrogens is 1. The van der Waals surface area contributed by atoms with Crippen molar-refractivity contribution in [3.05, 3.63) is 41.4 Å². The van der Waals surface area contributed by atoms with E-state index in [1.54, 1.807) is 11.3 Å². The number of likely N-dealkylation sites (tertiary alicyclic amines) is 1. The summed E-state index contributed by atoms with van der Waals surface area (Å²) in [6.45, 7) is 3.67. The molecule has 1 fully saturated rings. The van der Waals surface area contributed by atoms with Gasteiger partial charge in [0.15, 0.2) is 0 Å². The quantitative estimate of drug-likeness (QED) is 0.708. The van der Waals surface area contributed by atoms with Crippen LogP contribution < -0.4 is 0 Å². The van der Waals surface area contributed by atoms with Crippen molar-refractivity contribution in [3.8, 4) is 0 Å². The number of hydrogen-bond acceptors (Lipinski definition) is 4. The first-order valence-electron chi connectivity index (χ1n) is 9.63. The van der Waals surface area contributed by atoms with Crippen LogP contribution in [0.1, 0.15) is 41.5 Å². The molecule has 7 heteroatoms. The van der Waals surface area contributed by atoms with Gasteiger partial charge in [0.25, 0.3) is 5.91 Å². The maximum Gasteiger partial charge on any atom is 0.270 e. The van der Waals surface area contributed by atoms with Gasteiger partial charge < -0.3 is 19.4 Å². The molecule has 6 nitrogen and oxygen atoms in total. The normalized spacial score (nSPS) is 15.9. The van der Waals surface area contributed by atoms with E-state index in [1.807, 2.05) is 28.6 Å². The standard InChI is InChI=1S/C20H27N5OS/c1-23(2)8-3-9-24-12-7-21-19(24)15-4-10-25(11-5-15)20(26)17-14-18-16(22-17)6-13-27-18/h6-7,12-15,22H,3-5,8-11H2,1-2H3. The lowest BCUT2D eigenvalue weighted by Crippen LogP contribution is -2.38. The summed E-state index contributed by atoms with van der Waals surface area (Å²) in [4.78, 5) is 24.9. The average Bonchev–Trinajstić information content (AvgIpc) is 3.37. The van der Waals surface area contributed by atoms with Crippen LogP contribution in [0.15, 0.2) is 29.9 Å². The van der Waals surface area contributed by atoms with Gasteiger partial charge in [0.05, 0.1) is 10.2 Å². The molecule has 0 saturated carbocycles. The van der Waals surface area contributed by atoms with Gasteiger partial charge in [-0.15, -0.1) is 11.3 Å². The third-order valence-corrected chi connectivity index (χ3v) is 6.23. The van der Waals surface area contributed by atoms with E-state index in [2.05, 4.69) is 39.7 Å². The molecule has 1 saturated heterocycles. The molecule has 1 aliphatic heterocycles. The summed E-state index contributed by atoms with van der Waals surface area (Å²) < 4.78 is 3.44. The minimum atomic E-state index is 0.117. The number of imidazole rings is 1. The smallest absolute Gasteiger partial charge is 0.270 e. The number of fused-ring (bicyclic) bond motifs is 1. The zero-order chi connectivity index (χ0) is 18.8. The molecule has 0 atom stereocenters. The lowest BCUT2D eigenvalue weighted by Gasteiger charge is -2.31. The fourth-order valence-corrected chi connectivity index (χ4v) is 4.68. The topological polar surface area (TPSA) is 57.2 Å². The number of hydrogen-bond donors (Lipinski definition) is 1. The molecule has 144 valence electrons. The molecule has 0 spiro atoms. The lowest BCUT2D eigenvalue weighted by molar-refractivity contribution is 0.0705. The number of carbonyl (C=O) groups is 1. The van der Waals surface area contributed by atoms with Crippen molar-refractivity contribution in [1.82, 2.24) is 24.3 Å². The maximum absolute atomic E-state index is 12.8.